The van der Waals surface area contributed by atoms with Gasteiger partial charge in [-0.15, -0.1) is 0 Å². The Labute approximate surface area is 250 Å². The van der Waals surface area contributed by atoms with E-state index in [1.807, 2.05) is 53.4 Å². The number of methoxy groups -OCH3 is 1. The van der Waals surface area contributed by atoms with Gasteiger partial charge in [0, 0.05) is 38.3 Å². The van der Waals surface area contributed by atoms with Gasteiger partial charge >= 0.3 is 0 Å². The molecule has 2 aromatic rings. The van der Waals surface area contributed by atoms with Crippen molar-refractivity contribution in [3.63, 3.8) is 0 Å². The van der Waals surface area contributed by atoms with Gasteiger partial charge in [0.2, 0.25) is 11.8 Å². The highest BCUT2D eigenvalue weighted by molar-refractivity contribution is 6.00. The lowest BCUT2D eigenvalue weighted by atomic mass is 9.80. The van der Waals surface area contributed by atoms with Crippen LogP contribution in [0.25, 0.3) is 0 Å². The first-order chi connectivity index (χ1) is 20.4. The molecule has 1 aliphatic carbocycles. The van der Waals surface area contributed by atoms with Crippen molar-refractivity contribution < 1.29 is 19.1 Å². The minimum absolute atomic E-state index is 0.0471. The van der Waals surface area contributed by atoms with Crippen molar-refractivity contribution in [1.29, 1.82) is 0 Å². The molecule has 0 bridgehead atoms. The van der Waals surface area contributed by atoms with Crippen molar-refractivity contribution in [2.75, 3.05) is 26.7 Å². The van der Waals surface area contributed by atoms with Crippen LogP contribution in [0.15, 0.2) is 48.5 Å². The van der Waals surface area contributed by atoms with Gasteiger partial charge in [0.1, 0.15) is 17.3 Å². The second-order valence-electron chi connectivity index (χ2n) is 12.3. The number of likely N-dealkylation sites (tertiary alicyclic amines) is 1. The molecule has 8 nitrogen and oxygen atoms in total. The predicted molar refractivity (Wildman–Crippen MR) is 163 cm³/mol. The quantitative estimate of drug-likeness (QED) is 0.407. The average Bonchev–Trinajstić information content (AvgIpc) is 3.53. The minimum Gasteiger partial charge on any atom is -0.497 e. The average molecular weight is 575 g/mol. The van der Waals surface area contributed by atoms with Gasteiger partial charge in [0.05, 0.1) is 7.11 Å². The van der Waals surface area contributed by atoms with Crippen LogP contribution in [-0.4, -0.2) is 65.8 Å². The van der Waals surface area contributed by atoms with Gasteiger partial charge in [-0.1, -0.05) is 63.3 Å². The van der Waals surface area contributed by atoms with Gasteiger partial charge in [-0.3, -0.25) is 19.3 Å². The van der Waals surface area contributed by atoms with Crippen LogP contribution in [0.2, 0.25) is 0 Å². The third-order valence-corrected chi connectivity index (χ3v) is 9.51. The van der Waals surface area contributed by atoms with E-state index in [1.54, 1.807) is 7.11 Å². The molecule has 2 aliphatic heterocycles. The van der Waals surface area contributed by atoms with E-state index < -0.39 is 5.54 Å². The van der Waals surface area contributed by atoms with Crippen molar-refractivity contribution in [2.45, 2.75) is 89.4 Å². The van der Waals surface area contributed by atoms with Gasteiger partial charge < -0.3 is 20.3 Å². The largest absolute Gasteiger partial charge is 0.497 e. The second kappa shape index (κ2) is 13.7. The Balaban J connectivity index is 1.15. The lowest BCUT2D eigenvalue weighted by Gasteiger charge is -2.52. The molecule has 1 atom stereocenters. The van der Waals surface area contributed by atoms with Crippen LogP contribution in [0.1, 0.15) is 86.2 Å². The number of benzene rings is 2. The standard InChI is InChI=1S/C34H46N4O4/c1-3-4-19-38-32(40)30(22-25-7-5-6-8-25)36-33(41)34(38)17-20-37(21-18-34)24-27-9-13-28(14-10-27)31(39)35-23-26-11-15-29(42-2)16-12-26/h9-16,25,30H,3-8,17-24H2,1-2H3,(H,35,39)(H,36,41)/t30-/m1/s1. The molecule has 3 amide bonds. The highest BCUT2D eigenvalue weighted by Gasteiger charge is 2.53. The first-order valence-corrected chi connectivity index (χ1v) is 15.8. The number of hydrogen-bond donors (Lipinski definition) is 2. The van der Waals surface area contributed by atoms with E-state index in [0.29, 0.717) is 37.4 Å². The maximum atomic E-state index is 13.7. The predicted octanol–water partition coefficient (Wildman–Crippen LogP) is 4.67. The fourth-order valence-electron chi connectivity index (χ4n) is 6.88. The lowest BCUT2D eigenvalue weighted by molar-refractivity contribution is -0.162. The summed E-state index contributed by atoms with van der Waals surface area (Å²) in [6.45, 7) is 5.49. The maximum Gasteiger partial charge on any atom is 0.251 e. The molecular formula is C34H46N4O4. The number of unbranched alkanes of at least 4 members (excludes halogenated alkanes) is 1. The number of ether oxygens (including phenoxy) is 1. The first kappa shape index (κ1) is 30.1. The number of rotatable bonds is 11. The Kier molecular flexibility index (Phi) is 9.83. The Hall–Kier alpha value is -3.39. The zero-order chi connectivity index (χ0) is 29.5. The minimum atomic E-state index is -0.735. The zero-order valence-corrected chi connectivity index (χ0v) is 25.2. The molecule has 5 rings (SSSR count). The van der Waals surface area contributed by atoms with Crippen LogP contribution in [0.4, 0.5) is 0 Å². The SMILES string of the molecule is CCCCN1C(=O)[C@@H](CC2CCCC2)NC(=O)C12CCN(Cc1ccc(C(=O)NCc3ccc(OC)cc3)cc1)CC2. The van der Waals surface area contributed by atoms with E-state index in [2.05, 4.69) is 22.5 Å². The first-order valence-electron chi connectivity index (χ1n) is 15.8. The van der Waals surface area contributed by atoms with Crippen molar-refractivity contribution in [3.05, 3.63) is 65.2 Å². The summed E-state index contributed by atoms with van der Waals surface area (Å²) in [5, 5.41) is 6.15. The summed E-state index contributed by atoms with van der Waals surface area (Å²) >= 11 is 0. The molecule has 2 heterocycles. The molecule has 226 valence electrons. The molecule has 2 N–H and O–H groups in total. The Bertz CT molecular complexity index is 1220. The maximum absolute atomic E-state index is 13.7. The molecule has 0 unspecified atom stereocenters. The topological polar surface area (TPSA) is 91.0 Å². The van der Waals surface area contributed by atoms with Crippen LogP contribution in [-0.2, 0) is 22.7 Å². The molecular weight excluding hydrogens is 528 g/mol. The van der Waals surface area contributed by atoms with Crippen molar-refractivity contribution in [1.82, 2.24) is 20.4 Å². The number of piperidine rings is 1. The second-order valence-corrected chi connectivity index (χ2v) is 12.3. The highest BCUT2D eigenvalue weighted by atomic mass is 16.5. The Morgan fingerprint density at radius 2 is 1.67 bits per heavy atom. The molecule has 2 aromatic carbocycles. The molecule has 1 saturated carbocycles. The summed E-state index contributed by atoms with van der Waals surface area (Å²) in [5.41, 5.74) is 2.03. The number of piperazine rings is 1. The molecule has 8 heteroatoms. The van der Waals surface area contributed by atoms with Crippen LogP contribution < -0.4 is 15.4 Å². The van der Waals surface area contributed by atoms with E-state index >= 15 is 0 Å². The number of carbonyl (C=O) groups is 3. The monoisotopic (exact) mass is 574 g/mol. The molecule has 0 radical (unpaired) electrons. The molecule has 42 heavy (non-hydrogen) atoms. The van der Waals surface area contributed by atoms with Crippen molar-refractivity contribution in [2.24, 2.45) is 5.92 Å². The number of nitrogens with one attached hydrogen (secondary N) is 2. The highest BCUT2D eigenvalue weighted by Crippen LogP contribution is 2.36. The van der Waals surface area contributed by atoms with Crippen molar-refractivity contribution >= 4 is 17.7 Å². The number of amides is 3. The van der Waals surface area contributed by atoms with Gasteiger partial charge in [0.15, 0.2) is 0 Å². The van der Waals surface area contributed by atoms with Crippen LogP contribution >= 0.6 is 0 Å². The van der Waals surface area contributed by atoms with E-state index in [1.165, 1.54) is 25.7 Å². The van der Waals surface area contributed by atoms with Crippen LogP contribution in [0.5, 0.6) is 5.75 Å². The van der Waals surface area contributed by atoms with Crippen molar-refractivity contribution in [3.8, 4) is 5.75 Å². The third-order valence-electron chi connectivity index (χ3n) is 9.51. The number of nitrogens with zero attached hydrogens (tertiary/aromatic N) is 2. The zero-order valence-electron chi connectivity index (χ0n) is 25.2. The fourth-order valence-corrected chi connectivity index (χ4v) is 6.88. The van der Waals surface area contributed by atoms with E-state index in [4.69, 9.17) is 4.74 Å². The van der Waals surface area contributed by atoms with Gasteiger partial charge in [0.25, 0.3) is 5.91 Å². The van der Waals surface area contributed by atoms with Gasteiger partial charge in [-0.05, 0) is 67.0 Å². The summed E-state index contributed by atoms with van der Waals surface area (Å²) in [4.78, 5) is 44.4. The summed E-state index contributed by atoms with van der Waals surface area (Å²) in [7, 11) is 1.63. The number of hydrogen-bond acceptors (Lipinski definition) is 5. The summed E-state index contributed by atoms with van der Waals surface area (Å²) < 4.78 is 5.19. The lowest BCUT2D eigenvalue weighted by Crippen LogP contribution is -2.73. The van der Waals surface area contributed by atoms with E-state index in [0.717, 1.165) is 55.8 Å². The van der Waals surface area contributed by atoms with Gasteiger partial charge in [-0.2, -0.15) is 0 Å². The van der Waals surface area contributed by atoms with E-state index in [-0.39, 0.29) is 23.8 Å². The Morgan fingerprint density at radius 1 is 1.00 bits per heavy atom. The fraction of sp³-hybridized carbons (Fsp3) is 0.559. The summed E-state index contributed by atoms with van der Waals surface area (Å²) in [5.74, 6) is 1.41. The summed E-state index contributed by atoms with van der Waals surface area (Å²) in [6.07, 6.45) is 8.81. The van der Waals surface area contributed by atoms with Gasteiger partial charge in [-0.25, -0.2) is 0 Å². The van der Waals surface area contributed by atoms with Crippen LogP contribution in [0.3, 0.4) is 0 Å². The Morgan fingerprint density at radius 3 is 2.31 bits per heavy atom. The third kappa shape index (κ3) is 6.80. The number of carbonyl (C=O) groups excluding carboxylic acids is 3. The normalized spacial score (nSPS) is 21.0. The molecule has 2 saturated heterocycles. The summed E-state index contributed by atoms with van der Waals surface area (Å²) in [6, 6.07) is 15.0. The van der Waals surface area contributed by atoms with E-state index in [9.17, 15) is 14.4 Å². The molecule has 0 aromatic heterocycles. The molecule has 3 aliphatic rings. The smallest absolute Gasteiger partial charge is 0.251 e. The molecule has 1 spiro atoms. The van der Waals surface area contributed by atoms with Crippen LogP contribution in [0, 0.1) is 5.92 Å². The molecule has 3 fully saturated rings.